The van der Waals surface area contributed by atoms with Crippen molar-refractivity contribution in [2.75, 3.05) is 5.75 Å². The van der Waals surface area contributed by atoms with E-state index in [0.717, 1.165) is 25.0 Å². The number of benzene rings is 1. The summed E-state index contributed by atoms with van der Waals surface area (Å²) in [5, 5.41) is 10.4. The molecule has 2 bridgehead atoms. The summed E-state index contributed by atoms with van der Waals surface area (Å²) >= 11 is 1.89. The third kappa shape index (κ3) is 1.49. The Hall–Kier alpha value is -1.68. The van der Waals surface area contributed by atoms with Gasteiger partial charge in [0.15, 0.2) is 0 Å². The van der Waals surface area contributed by atoms with Gasteiger partial charge in [0.25, 0.3) is 0 Å². The molecule has 1 aromatic heterocycles. The highest BCUT2D eigenvalue weighted by atomic mass is 32.2. The van der Waals surface area contributed by atoms with Crippen LogP contribution in [-0.2, 0) is 10.2 Å². The predicted molar refractivity (Wildman–Crippen MR) is 95.7 cm³/mol. The molecule has 3 aliphatic carbocycles. The molecular weight excluding hydrogens is 318 g/mol. The fraction of sp³-hybridized carbons (Fsp3) is 0.450. The van der Waals surface area contributed by atoms with E-state index in [0.29, 0.717) is 0 Å². The molecule has 0 radical (unpaired) electrons. The number of thioether (sulfide) groups is 1. The van der Waals surface area contributed by atoms with E-state index in [-0.39, 0.29) is 16.6 Å². The molecule has 4 atom stereocenters. The molecule has 24 heavy (non-hydrogen) atoms. The Morgan fingerprint density at radius 3 is 2.79 bits per heavy atom. The molecule has 1 aliphatic heterocycles. The molecular formula is C20H21NO2S. The molecule has 2 aromatic rings. The van der Waals surface area contributed by atoms with Gasteiger partial charge in [-0.3, -0.25) is 4.79 Å². The maximum Gasteiger partial charge on any atom is 0.311 e. The third-order valence-electron chi connectivity index (χ3n) is 6.76. The van der Waals surface area contributed by atoms with Crippen molar-refractivity contribution in [3.8, 4) is 0 Å². The van der Waals surface area contributed by atoms with Crippen LogP contribution in [0.1, 0.15) is 47.4 Å². The highest BCUT2D eigenvalue weighted by molar-refractivity contribution is 8.00. The zero-order valence-corrected chi connectivity index (χ0v) is 14.5. The number of aliphatic carboxylic acids is 1. The highest BCUT2D eigenvalue weighted by Gasteiger charge is 2.69. The smallest absolute Gasteiger partial charge is 0.311 e. The van der Waals surface area contributed by atoms with E-state index >= 15 is 0 Å². The van der Waals surface area contributed by atoms with E-state index in [4.69, 9.17) is 0 Å². The van der Waals surface area contributed by atoms with Crippen molar-refractivity contribution >= 4 is 17.7 Å². The fourth-order valence-electron chi connectivity index (χ4n) is 5.75. The number of H-pyrrole nitrogens is 1. The Bertz CT molecular complexity index is 826. The van der Waals surface area contributed by atoms with Gasteiger partial charge in [-0.15, -0.1) is 0 Å². The van der Waals surface area contributed by atoms with Gasteiger partial charge in [0, 0.05) is 29.0 Å². The van der Waals surface area contributed by atoms with Crippen LogP contribution in [0, 0.1) is 12.3 Å². The highest BCUT2D eigenvalue weighted by Crippen LogP contribution is 2.70. The van der Waals surface area contributed by atoms with Crippen LogP contribution in [0.2, 0.25) is 0 Å². The van der Waals surface area contributed by atoms with Gasteiger partial charge >= 0.3 is 5.97 Å². The Morgan fingerprint density at radius 2 is 2.04 bits per heavy atom. The summed E-state index contributed by atoms with van der Waals surface area (Å²) < 4.78 is 0. The van der Waals surface area contributed by atoms with Crippen LogP contribution in [0.25, 0.3) is 0 Å². The molecule has 2 fully saturated rings. The Balaban J connectivity index is 1.82. The lowest BCUT2D eigenvalue weighted by atomic mass is 9.46. The molecule has 3 nitrogen and oxygen atoms in total. The summed E-state index contributed by atoms with van der Waals surface area (Å²) in [6.07, 6.45) is 7.01. The number of hydrogen-bond donors (Lipinski definition) is 2. The minimum Gasteiger partial charge on any atom is -0.481 e. The van der Waals surface area contributed by atoms with Crippen molar-refractivity contribution in [2.24, 2.45) is 5.41 Å². The topological polar surface area (TPSA) is 53.1 Å². The summed E-state index contributed by atoms with van der Waals surface area (Å²) in [5.74, 6) is 0.517. The largest absolute Gasteiger partial charge is 0.481 e. The number of aryl methyl sites for hydroxylation is 1. The lowest BCUT2D eigenvalue weighted by Gasteiger charge is -2.58. The first-order chi connectivity index (χ1) is 11.6. The van der Waals surface area contributed by atoms with Gasteiger partial charge < -0.3 is 10.1 Å². The second-order valence-corrected chi connectivity index (χ2v) is 8.81. The van der Waals surface area contributed by atoms with E-state index in [1.165, 1.54) is 22.3 Å². The second kappa shape index (κ2) is 4.69. The number of rotatable bonds is 2. The number of aromatic nitrogens is 1. The minimum absolute atomic E-state index is 0.132. The summed E-state index contributed by atoms with van der Waals surface area (Å²) in [6, 6.07) is 8.78. The van der Waals surface area contributed by atoms with E-state index in [1.807, 2.05) is 11.8 Å². The first-order valence-electron chi connectivity index (χ1n) is 8.70. The number of carbonyl (C=O) groups is 1. The molecule has 1 aromatic carbocycles. The van der Waals surface area contributed by atoms with Gasteiger partial charge in [-0.1, -0.05) is 29.8 Å². The molecule has 4 aliphatic rings. The molecule has 0 amide bonds. The van der Waals surface area contributed by atoms with Crippen LogP contribution in [0.4, 0.5) is 0 Å². The molecule has 1 saturated heterocycles. The lowest BCUT2D eigenvalue weighted by Crippen LogP contribution is -2.60. The van der Waals surface area contributed by atoms with E-state index in [2.05, 4.69) is 48.6 Å². The zero-order chi connectivity index (χ0) is 16.5. The molecule has 0 spiro atoms. The summed E-state index contributed by atoms with van der Waals surface area (Å²) in [5.41, 5.74) is 4.36. The maximum atomic E-state index is 12.5. The number of aromatic amines is 1. The molecule has 6 rings (SSSR count). The number of carboxylic acid groups (broad SMARTS) is 1. The minimum atomic E-state index is -0.608. The molecule has 2 heterocycles. The van der Waals surface area contributed by atoms with Crippen molar-refractivity contribution < 1.29 is 9.90 Å². The van der Waals surface area contributed by atoms with Gasteiger partial charge in [-0.2, -0.15) is 11.8 Å². The Morgan fingerprint density at radius 1 is 1.25 bits per heavy atom. The molecule has 4 unspecified atom stereocenters. The van der Waals surface area contributed by atoms with Crippen molar-refractivity contribution in [3.63, 3.8) is 0 Å². The normalized spacial score (nSPS) is 36.4. The van der Waals surface area contributed by atoms with Crippen molar-refractivity contribution in [1.29, 1.82) is 0 Å². The van der Waals surface area contributed by atoms with Crippen molar-refractivity contribution in [2.45, 2.75) is 42.8 Å². The van der Waals surface area contributed by atoms with Gasteiger partial charge in [0.1, 0.15) is 0 Å². The second-order valence-electron chi connectivity index (χ2n) is 7.60. The first kappa shape index (κ1) is 14.6. The average Bonchev–Trinajstić information content (AvgIpc) is 3.24. The van der Waals surface area contributed by atoms with Crippen molar-refractivity contribution in [1.82, 2.24) is 4.98 Å². The Labute approximate surface area is 145 Å². The third-order valence-corrected chi connectivity index (χ3v) is 8.36. The maximum absolute atomic E-state index is 12.5. The lowest BCUT2D eigenvalue weighted by molar-refractivity contribution is -0.153. The van der Waals surface area contributed by atoms with Gasteiger partial charge in [-0.25, -0.2) is 0 Å². The van der Waals surface area contributed by atoms with Crippen molar-refractivity contribution in [3.05, 3.63) is 58.9 Å². The Kier molecular flexibility index (Phi) is 2.86. The molecule has 124 valence electrons. The van der Waals surface area contributed by atoms with Crippen LogP contribution in [0.3, 0.4) is 0 Å². The van der Waals surface area contributed by atoms with E-state index < -0.39 is 11.4 Å². The van der Waals surface area contributed by atoms with E-state index in [9.17, 15) is 9.90 Å². The molecule has 2 N–H and O–H groups in total. The molecule has 1 saturated carbocycles. The predicted octanol–water partition coefficient (Wildman–Crippen LogP) is 4.08. The van der Waals surface area contributed by atoms with Gasteiger partial charge in [-0.05, 0) is 48.6 Å². The van der Waals surface area contributed by atoms with Gasteiger partial charge in [0.2, 0.25) is 0 Å². The summed E-state index contributed by atoms with van der Waals surface area (Å²) in [6.45, 7) is 2.10. The summed E-state index contributed by atoms with van der Waals surface area (Å²) in [4.78, 5) is 15.8. The van der Waals surface area contributed by atoms with Crippen LogP contribution in [0.15, 0.2) is 36.7 Å². The van der Waals surface area contributed by atoms with Crippen LogP contribution >= 0.6 is 11.8 Å². The number of hydrogen-bond acceptors (Lipinski definition) is 2. The van der Waals surface area contributed by atoms with E-state index in [1.54, 1.807) is 0 Å². The standard InChI is InChI=1S/C20H21NO2S/c1-12-2-4-13(5-3-12)19-7-6-15(14-10-21-11-16(14)19)20(18(22)23)8-9-24-17(19)20/h2-5,10-11,15,17,21H,6-9H2,1H3,(H,22,23). The molecule has 4 heteroatoms. The monoisotopic (exact) mass is 339 g/mol. The number of carboxylic acids is 1. The van der Waals surface area contributed by atoms with Crippen LogP contribution < -0.4 is 0 Å². The number of nitrogens with one attached hydrogen (secondary N) is 1. The summed E-state index contributed by atoms with van der Waals surface area (Å²) in [7, 11) is 0. The fourth-order valence-corrected chi connectivity index (χ4v) is 7.79. The van der Waals surface area contributed by atoms with Crippen LogP contribution in [0.5, 0.6) is 0 Å². The quantitative estimate of drug-likeness (QED) is 0.867. The zero-order valence-electron chi connectivity index (χ0n) is 13.7. The van der Waals surface area contributed by atoms with Crippen LogP contribution in [-0.4, -0.2) is 27.1 Å². The van der Waals surface area contributed by atoms with Gasteiger partial charge in [0.05, 0.1) is 5.41 Å². The average molecular weight is 339 g/mol. The first-order valence-corrected chi connectivity index (χ1v) is 9.75. The number of fused-ring (bicyclic) bond motifs is 1. The SMILES string of the molecule is Cc1ccc(C23CCC(c4c[nH]cc42)C2(C(=O)O)CCSC32)cc1.